The lowest BCUT2D eigenvalue weighted by atomic mass is 10.7. The average molecular weight is 162 g/mol. The zero-order valence-electron chi connectivity index (χ0n) is 5.78. The third-order valence-corrected chi connectivity index (χ3v) is 1.72. The molecule has 0 spiro atoms. The highest BCUT2D eigenvalue weighted by molar-refractivity contribution is 7.89. The van der Waals surface area contributed by atoms with Crippen LogP contribution in [0.4, 0.5) is 0 Å². The summed E-state index contributed by atoms with van der Waals surface area (Å²) in [5, 5.41) is 0.997. The van der Waals surface area contributed by atoms with E-state index in [-0.39, 0.29) is 6.61 Å². The van der Waals surface area contributed by atoms with Crippen LogP contribution < -0.4 is 0 Å². The fraction of sp³-hybridized carbons (Fsp3) is 0.333. The van der Waals surface area contributed by atoms with Crippen LogP contribution in [0, 0.1) is 0 Å². The van der Waals surface area contributed by atoms with Gasteiger partial charge in [0.1, 0.15) is 0 Å². The van der Waals surface area contributed by atoms with Crippen LogP contribution >= 0.6 is 0 Å². The van der Waals surface area contributed by atoms with Crippen molar-refractivity contribution in [1.29, 1.82) is 0 Å². The molecular formula is C6H10O3S. The lowest BCUT2D eigenvalue weighted by molar-refractivity contribution is 0.364. The summed E-state index contributed by atoms with van der Waals surface area (Å²) >= 11 is 0. The van der Waals surface area contributed by atoms with Crippen molar-refractivity contribution in [3.63, 3.8) is 0 Å². The smallest absolute Gasteiger partial charge is 0.263 e. The second-order valence-electron chi connectivity index (χ2n) is 1.54. The molecule has 0 heterocycles. The van der Waals surface area contributed by atoms with Crippen molar-refractivity contribution in [2.75, 3.05) is 6.61 Å². The van der Waals surface area contributed by atoms with Crippen molar-refractivity contribution in [3.05, 3.63) is 24.1 Å². The van der Waals surface area contributed by atoms with Crippen LogP contribution in [0.3, 0.4) is 0 Å². The zero-order valence-corrected chi connectivity index (χ0v) is 6.60. The number of allylic oxidation sites excluding steroid dienone is 1. The van der Waals surface area contributed by atoms with E-state index in [0.717, 1.165) is 5.41 Å². The SMILES string of the molecule is C=CCOS(=O)(=O)/C=C\C. The number of rotatable bonds is 4. The molecule has 3 nitrogen and oxygen atoms in total. The summed E-state index contributed by atoms with van der Waals surface area (Å²) in [5.74, 6) is 0. The Bertz CT molecular complexity index is 213. The molecule has 0 N–H and O–H groups in total. The van der Waals surface area contributed by atoms with Gasteiger partial charge in [0.2, 0.25) is 0 Å². The summed E-state index contributed by atoms with van der Waals surface area (Å²) in [5.41, 5.74) is 0. The van der Waals surface area contributed by atoms with Gasteiger partial charge in [0.25, 0.3) is 10.1 Å². The van der Waals surface area contributed by atoms with Gasteiger partial charge >= 0.3 is 0 Å². The summed E-state index contributed by atoms with van der Waals surface area (Å²) in [6, 6.07) is 0. The number of hydrogen-bond acceptors (Lipinski definition) is 3. The molecule has 0 aliphatic rings. The second-order valence-corrected chi connectivity index (χ2v) is 3.03. The van der Waals surface area contributed by atoms with E-state index in [2.05, 4.69) is 10.8 Å². The maximum absolute atomic E-state index is 10.6. The van der Waals surface area contributed by atoms with Crippen LogP contribution in [0.25, 0.3) is 0 Å². The molecule has 4 heteroatoms. The third-order valence-electron chi connectivity index (χ3n) is 0.653. The molecule has 0 amide bonds. The third kappa shape index (κ3) is 4.29. The van der Waals surface area contributed by atoms with Crippen LogP contribution in [-0.2, 0) is 14.3 Å². The topological polar surface area (TPSA) is 43.4 Å². The van der Waals surface area contributed by atoms with Crippen LogP contribution in [-0.4, -0.2) is 15.0 Å². The Hall–Kier alpha value is -0.610. The van der Waals surface area contributed by atoms with Crippen LogP contribution in [0.2, 0.25) is 0 Å². The quantitative estimate of drug-likeness (QED) is 0.458. The summed E-state index contributed by atoms with van der Waals surface area (Å²) in [7, 11) is -3.45. The molecule has 0 saturated carbocycles. The van der Waals surface area contributed by atoms with Gasteiger partial charge < -0.3 is 0 Å². The standard InChI is InChI=1S/C6H10O3S/c1-3-5-9-10(7,8)6-4-2/h3-4,6H,1,5H2,2H3/b6-4-. The molecular weight excluding hydrogens is 152 g/mol. The van der Waals surface area contributed by atoms with Crippen molar-refractivity contribution in [2.45, 2.75) is 6.92 Å². The highest BCUT2D eigenvalue weighted by atomic mass is 32.2. The largest absolute Gasteiger partial charge is 0.290 e. The van der Waals surface area contributed by atoms with E-state index in [1.807, 2.05) is 0 Å². The van der Waals surface area contributed by atoms with Gasteiger partial charge in [-0.3, -0.25) is 4.18 Å². The summed E-state index contributed by atoms with van der Waals surface area (Å²) < 4.78 is 25.7. The summed E-state index contributed by atoms with van der Waals surface area (Å²) in [6.07, 6.45) is 2.78. The van der Waals surface area contributed by atoms with Crippen molar-refractivity contribution in [1.82, 2.24) is 0 Å². The van der Waals surface area contributed by atoms with Crippen molar-refractivity contribution < 1.29 is 12.6 Å². The van der Waals surface area contributed by atoms with E-state index in [0.29, 0.717) is 0 Å². The Kier molecular flexibility index (Phi) is 3.99. The average Bonchev–Trinajstić information content (AvgIpc) is 1.84. The van der Waals surface area contributed by atoms with Crippen LogP contribution in [0.15, 0.2) is 24.1 Å². The van der Waals surface area contributed by atoms with Gasteiger partial charge in [0.05, 0.1) is 12.0 Å². The molecule has 0 aliphatic carbocycles. The summed E-state index contributed by atoms with van der Waals surface area (Å²) in [6.45, 7) is 4.94. The highest BCUT2D eigenvalue weighted by Gasteiger charge is 2.01. The van der Waals surface area contributed by atoms with Gasteiger partial charge in [0, 0.05) is 0 Å². The maximum atomic E-state index is 10.6. The van der Waals surface area contributed by atoms with Gasteiger partial charge in [-0.05, 0) is 6.92 Å². The van der Waals surface area contributed by atoms with Crippen molar-refractivity contribution >= 4 is 10.1 Å². The Morgan fingerprint density at radius 2 is 2.20 bits per heavy atom. The molecule has 0 unspecified atom stereocenters. The zero-order chi connectivity index (χ0) is 8.04. The molecule has 0 atom stereocenters. The first-order valence-corrected chi connectivity index (χ1v) is 4.22. The van der Waals surface area contributed by atoms with Gasteiger partial charge in [-0.25, -0.2) is 0 Å². The molecule has 0 aromatic heterocycles. The summed E-state index contributed by atoms with van der Waals surface area (Å²) in [4.78, 5) is 0. The predicted molar refractivity (Wildman–Crippen MR) is 39.9 cm³/mol. The minimum absolute atomic E-state index is 0.0205. The van der Waals surface area contributed by atoms with Crippen LogP contribution in [0.1, 0.15) is 6.92 Å². The van der Waals surface area contributed by atoms with E-state index in [1.54, 1.807) is 6.92 Å². The highest BCUT2D eigenvalue weighted by Crippen LogP contribution is 1.94. The van der Waals surface area contributed by atoms with E-state index in [4.69, 9.17) is 0 Å². The fourth-order valence-corrected chi connectivity index (χ4v) is 1.05. The van der Waals surface area contributed by atoms with Crippen molar-refractivity contribution in [2.24, 2.45) is 0 Å². The fourth-order valence-electron chi connectivity index (χ4n) is 0.349. The van der Waals surface area contributed by atoms with E-state index in [9.17, 15) is 8.42 Å². The molecule has 58 valence electrons. The molecule has 0 aliphatic heterocycles. The van der Waals surface area contributed by atoms with Crippen molar-refractivity contribution in [3.8, 4) is 0 Å². The lowest BCUT2D eigenvalue weighted by Crippen LogP contribution is -2.00. The first kappa shape index (κ1) is 9.39. The van der Waals surface area contributed by atoms with Gasteiger partial charge in [0.15, 0.2) is 0 Å². The molecule has 0 fully saturated rings. The van der Waals surface area contributed by atoms with E-state index in [1.165, 1.54) is 12.2 Å². The minimum atomic E-state index is -3.45. The predicted octanol–water partition coefficient (Wildman–Crippen LogP) is 1.05. The molecule has 0 aromatic carbocycles. The Morgan fingerprint density at radius 3 is 2.60 bits per heavy atom. The monoisotopic (exact) mass is 162 g/mol. The Labute approximate surface area is 61.1 Å². The first-order valence-electron chi connectivity index (χ1n) is 2.75. The number of hydrogen-bond donors (Lipinski definition) is 0. The molecule has 0 saturated heterocycles. The van der Waals surface area contributed by atoms with Gasteiger partial charge in [-0.1, -0.05) is 12.2 Å². The Balaban J connectivity index is 4.01. The Morgan fingerprint density at radius 1 is 1.60 bits per heavy atom. The minimum Gasteiger partial charge on any atom is -0.263 e. The maximum Gasteiger partial charge on any atom is 0.290 e. The second kappa shape index (κ2) is 4.24. The van der Waals surface area contributed by atoms with Gasteiger partial charge in [-0.15, -0.1) is 6.58 Å². The van der Waals surface area contributed by atoms with Gasteiger partial charge in [-0.2, -0.15) is 8.42 Å². The normalized spacial score (nSPS) is 12.1. The molecule has 0 radical (unpaired) electrons. The van der Waals surface area contributed by atoms with E-state index >= 15 is 0 Å². The first-order chi connectivity index (χ1) is 4.62. The molecule has 0 bridgehead atoms. The van der Waals surface area contributed by atoms with Crippen LogP contribution in [0.5, 0.6) is 0 Å². The molecule has 0 rings (SSSR count). The lowest BCUT2D eigenvalue weighted by Gasteiger charge is -1.94. The molecule has 0 aromatic rings. The molecule has 10 heavy (non-hydrogen) atoms. The van der Waals surface area contributed by atoms with E-state index < -0.39 is 10.1 Å².